The van der Waals surface area contributed by atoms with Crippen LogP contribution in [0.25, 0.3) is 0 Å². The monoisotopic (exact) mass is 385 g/mol. The Morgan fingerprint density at radius 1 is 1.11 bits per heavy atom. The zero-order valence-electron chi connectivity index (χ0n) is 17.4. The van der Waals surface area contributed by atoms with Crippen molar-refractivity contribution in [3.63, 3.8) is 0 Å². The highest BCUT2D eigenvalue weighted by atomic mass is 16.5. The Balaban J connectivity index is 2.23. The number of aromatic nitrogens is 2. The number of hydrogen-bond acceptors (Lipinski definition) is 7. The largest absolute Gasteiger partial charge is 0.462 e. The summed E-state index contributed by atoms with van der Waals surface area (Å²) in [7, 11) is 0. The summed E-state index contributed by atoms with van der Waals surface area (Å²) in [6.07, 6.45) is 1.52. The van der Waals surface area contributed by atoms with E-state index in [4.69, 9.17) is 10.5 Å². The zero-order chi connectivity index (χ0) is 20.7. The molecule has 0 saturated heterocycles. The molecule has 0 aliphatic heterocycles. The molecule has 0 amide bonds. The third-order valence-electron chi connectivity index (χ3n) is 3.99. The molecule has 152 valence electrons. The van der Waals surface area contributed by atoms with Crippen molar-refractivity contribution in [3.8, 4) is 0 Å². The van der Waals surface area contributed by atoms with Crippen LogP contribution in [0.4, 0.5) is 23.0 Å². The van der Waals surface area contributed by atoms with Crippen LogP contribution < -0.4 is 16.0 Å². The molecule has 3 N–H and O–H groups in total. The Morgan fingerprint density at radius 2 is 1.71 bits per heavy atom. The van der Waals surface area contributed by atoms with Crippen molar-refractivity contribution in [2.24, 2.45) is 11.8 Å². The molecule has 0 atom stereocenters. The molecule has 0 spiro atoms. The molecule has 28 heavy (non-hydrogen) atoms. The number of carbonyl (C=O) groups is 1. The number of nitrogens with one attached hydrogen (secondary N) is 1. The molecule has 0 saturated carbocycles. The number of hydrogen-bond donors (Lipinski definition) is 2. The lowest BCUT2D eigenvalue weighted by molar-refractivity contribution is 0.0526. The molecule has 0 fully saturated rings. The Labute approximate surface area is 167 Å². The topological polar surface area (TPSA) is 93.4 Å². The molecule has 0 aliphatic rings. The van der Waals surface area contributed by atoms with E-state index in [1.807, 2.05) is 0 Å². The molecule has 1 heterocycles. The lowest BCUT2D eigenvalue weighted by atomic mass is 10.1. The summed E-state index contributed by atoms with van der Waals surface area (Å²) >= 11 is 0. The SMILES string of the molecule is CCOC(=O)c1ccc(Nc2ncnc(N(CC(C)C)CC(C)C)c2N)cc1. The second kappa shape index (κ2) is 9.92. The minimum absolute atomic E-state index is 0.337. The van der Waals surface area contributed by atoms with Gasteiger partial charge in [0.05, 0.1) is 12.2 Å². The Kier molecular flexibility index (Phi) is 7.61. The van der Waals surface area contributed by atoms with Crippen molar-refractivity contribution in [1.29, 1.82) is 0 Å². The van der Waals surface area contributed by atoms with E-state index in [1.54, 1.807) is 31.2 Å². The summed E-state index contributed by atoms with van der Waals surface area (Å²) in [5.41, 5.74) is 8.19. The second-order valence-electron chi connectivity index (χ2n) is 7.58. The highest BCUT2D eigenvalue weighted by Crippen LogP contribution is 2.29. The Morgan fingerprint density at radius 3 is 2.25 bits per heavy atom. The highest BCUT2D eigenvalue weighted by Gasteiger charge is 2.17. The van der Waals surface area contributed by atoms with Gasteiger partial charge in [0.25, 0.3) is 0 Å². The normalized spacial score (nSPS) is 11.0. The van der Waals surface area contributed by atoms with E-state index in [0.29, 0.717) is 35.5 Å². The number of nitrogens with zero attached hydrogens (tertiary/aromatic N) is 3. The third-order valence-corrected chi connectivity index (χ3v) is 3.99. The maximum absolute atomic E-state index is 11.8. The molecule has 7 heteroatoms. The first-order valence-electron chi connectivity index (χ1n) is 9.71. The van der Waals surface area contributed by atoms with E-state index in [1.165, 1.54) is 6.33 Å². The maximum Gasteiger partial charge on any atom is 0.338 e. The van der Waals surface area contributed by atoms with Gasteiger partial charge in [-0.3, -0.25) is 0 Å². The Hall–Kier alpha value is -2.83. The van der Waals surface area contributed by atoms with Gasteiger partial charge in [-0.25, -0.2) is 14.8 Å². The lowest BCUT2D eigenvalue weighted by Crippen LogP contribution is -2.32. The van der Waals surface area contributed by atoms with Gasteiger partial charge in [-0.15, -0.1) is 0 Å². The van der Waals surface area contributed by atoms with Crippen LogP contribution in [0.5, 0.6) is 0 Å². The molecule has 7 nitrogen and oxygen atoms in total. The summed E-state index contributed by atoms with van der Waals surface area (Å²) in [4.78, 5) is 22.7. The number of ether oxygens (including phenoxy) is 1. The van der Waals surface area contributed by atoms with Crippen molar-refractivity contribution in [2.45, 2.75) is 34.6 Å². The van der Waals surface area contributed by atoms with E-state index >= 15 is 0 Å². The maximum atomic E-state index is 11.8. The van der Waals surface area contributed by atoms with Gasteiger partial charge in [-0.2, -0.15) is 0 Å². The average Bonchev–Trinajstić information content (AvgIpc) is 2.63. The van der Waals surface area contributed by atoms with Gasteiger partial charge in [0.15, 0.2) is 11.6 Å². The van der Waals surface area contributed by atoms with Crippen LogP contribution >= 0.6 is 0 Å². The number of anilines is 4. The minimum Gasteiger partial charge on any atom is -0.462 e. The first-order chi connectivity index (χ1) is 13.3. The zero-order valence-corrected chi connectivity index (χ0v) is 17.4. The quantitative estimate of drug-likeness (QED) is 0.628. The summed E-state index contributed by atoms with van der Waals surface area (Å²) in [5.74, 6) is 1.92. The fraction of sp³-hybridized carbons (Fsp3) is 0.476. The number of nitrogen functional groups attached to an aromatic ring is 1. The molecule has 2 aromatic rings. The van der Waals surface area contributed by atoms with Gasteiger partial charge >= 0.3 is 5.97 Å². The highest BCUT2D eigenvalue weighted by molar-refractivity contribution is 5.90. The Bertz CT molecular complexity index is 765. The van der Waals surface area contributed by atoms with Crippen molar-refractivity contribution in [3.05, 3.63) is 36.2 Å². The van der Waals surface area contributed by atoms with Crippen molar-refractivity contribution in [2.75, 3.05) is 35.6 Å². The van der Waals surface area contributed by atoms with Gasteiger partial charge in [0.1, 0.15) is 12.0 Å². The first kappa shape index (κ1) is 21.5. The van der Waals surface area contributed by atoms with Gasteiger partial charge in [0, 0.05) is 18.8 Å². The predicted molar refractivity (Wildman–Crippen MR) is 114 cm³/mol. The summed E-state index contributed by atoms with van der Waals surface area (Å²) in [6, 6.07) is 7.02. The molecule has 1 aromatic carbocycles. The van der Waals surface area contributed by atoms with E-state index in [-0.39, 0.29) is 5.97 Å². The number of benzene rings is 1. The lowest BCUT2D eigenvalue weighted by Gasteiger charge is -2.28. The molecule has 0 aliphatic carbocycles. The molecule has 0 unspecified atom stereocenters. The number of esters is 1. The molecule has 2 rings (SSSR count). The van der Waals surface area contributed by atoms with E-state index in [9.17, 15) is 4.79 Å². The summed E-state index contributed by atoms with van der Waals surface area (Å²) in [6.45, 7) is 12.6. The predicted octanol–water partition coefficient (Wildman–Crippen LogP) is 4.10. The van der Waals surface area contributed by atoms with Crippen LogP contribution in [0.2, 0.25) is 0 Å². The van der Waals surface area contributed by atoms with Gasteiger partial charge in [0.2, 0.25) is 0 Å². The molecular weight excluding hydrogens is 354 g/mol. The van der Waals surface area contributed by atoms with Gasteiger partial charge in [-0.05, 0) is 43.0 Å². The average molecular weight is 386 g/mol. The van der Waals surface area contributed by atoms with Crippen LogP contribution in [0.3, 0.4) is 0 Å². The van der Waals surface area contributed by atoms with E-state index in [2.05, 4.69) is 47.9 Å². The van der Waals surface area contributed by atoms with Crippen LogP contribution in [-0.4, -0.2) is 35.6 Å². The second-order valence-corrected chi connectivity index (χ2v) is 7.58. The number of carbonyl (C=O) groups excluding carboxylic acids is 1. The van der Waals surface area contributed by atoms with Crippen LogP contribution in [0.1, 0.15) is 45.0 Å². The molecule has 0 bridgehead atoms. The van der Waals surface area contributed by atoms with E-state index in [0.717, 1.165) is 24.6 Å². The molecule has 1 aromatic heterocycles. The van der Waals surface area contributed by atoms with Crippen LogP contribution in [0, 0.1) is 11.8 Å². The number of rotatable bonds is 9. The van der Waals surface area contributed by atoms with Crippen molar-refractivity contribution in [1.82, 2.24) is 9.97 Å². The van der Waals surface area contributed by atoms with Gasteiger partial charge in [-0.1, -0.05) is 27.7 Å². The van der Waals surface area contributed by atoms with Crippen LogP contribution in [0.15, 0.2) is 30.6 Å². The molecular formula is C21H31N5O2. The van der Waals surface area contributed by atoms with E-state index < -0.39 is 0 Å². The summed E-state index contributed by atoms with van der Waals surface area (Å²) in [5, 5.41) is 3.22. The fourth-order valence-corrected chi connectivity index (χ4v) is 2.91. The standard InChI is InChI=1S/C21H31N5O2/c1-6-28-21(27)16-7-9-17(10-8-16)25-19-18(22)20(24-13-23-19)26(11-14(2)3)12-15(4)5/h7-10,13-15H,6,11-12,22H2,1-5H3,(H,23,24,25). The molecule has 0 radical (unpaired) electrons. The summed E-state index contributed by atoms with van der Waals surface area (Å²) < 4.78 is 5.00. The fourth-order valence-electron chi connectivity index (χ4n) is 2.91. The van der Waals surface area contributed by atoms with Crippen LogP contribution in [-0.2, 0) is 4.74 Å². The first-order valence-corrected chi connectivity index (χ1v) is 9.71. The van der Waals surface area contributed by atoms with Crippen molar-refractivity contribution < 1.29 is 9.53 Å². The minimum atomic E-state index is -0.337. The van der Waals surface area contributed by atoms with Gasteiger partial charge < -0.3 is 20.7 Å². The number of nitrogens with two attached hydrogens (primary N) is 1. The third kappa shape index (κ3) is 5.84. The smallest absolute Gasteiger partial charge is 0.338 e. The van der Waals surface area contributed by atoms with Crippen molar-refractivity contribution >= 4 is 29.0 Å².